The van der Waals surface area contributed by atoms with Crippen molar-refractivity contribution in [3.05, 3.63) is 24.0 Å². The maximum absolute atomic E-state index is 4.31. The van der Waals surface area contributed by atoms with Gasteiger partial charge in [0.25, 0.3) is 0 Å². The standard InChI is InChI=1S/C12H15BrN4/c1-9-4-11-14-8-15-17(11)12(5-9)16-3-2-10(6-13)7-16/h4-5,8,10H,2-3,6-7H2,1H3. The fraction of sp³-hybridized carbons (Fsp3) is 0.500. The van der Waals surface area contributed by atoms with Gasteiger partial charge in [0.05, 0.1) is 0 Å². The number of hydrogen-bond acceptors (Lipinski definition) is 3. The Kier molecular flexibility index (Phi) is 2.78. The predicted octanol–water partition coefficient (Wildman–Crippen LogP) is 2.26. The number of nitrogens with zero attached hydrogens (tertiary/aromatic N) is 4. The molecule has 2 aromatic heterocycles. The number of anilines is 1. The molecule has 1 unspecified atom stereocenters. The van der Waals surface area contributed by atoms with Gasteiger partial charge in [-0.1, -0.05) is 15.9 Å². The molecule has 5 heteroatoms. The lowest BCUT2D eigenvalue weighted by atomic mass is 10.2. The molecule has 0 spiro atoms. The minimum absolute atomic E-state index is 0.745. The molecule has 4 nitrogen and oxygen atoms in total. The smallest absolute Gasteiger partial charge is 0.157 e. The fourth-order valence-electron chi connectivity index (χ4n) is 2.43. The minimum atomic E-state index is 0.745. The number of pyridine rings is 1. The molecule has 1 aliphatic rings. The highest BCUT2D eigenvalue weighted by atomic mass is 79.9. The lowest BCUT2D eigenvalue weighted by molar-refractivity contribution is 0.674. The summed E-state index contributed by atoms with van der Waals surface area (Å²) in [5, 5.41) is 5.39. The average molecular weight is 295 g/mol. The largest absolute Gasteiger partial charge is 0.356 e. The molecule has 1 fully saturated rings. The van der Waals surface area contributed by atoms with Gasteiger partial charge >= 0.3 is 0 Å². The molecule has 17 heavy (non-hydrogen) atoms. The zero-order valence-corrected chi connectivity index (χ0v) is 11.4. The first-order valence-corrected chi connectivity index (χ1v) is 7.01. The first kappa shape index (κ1) is 11.0. The quantitative estimate of drug-likeness (QED) is 0.797. The van der Waals surface area contributed by atoms with Crippen LogP contribution in [-0.4, -0.2) is 33.0 Å². The molecule has 0 N–H and O–H groups in total. The Balaban J connectivity index is 2.02. The Morgan fingerprint density at radius 2 is 2.35 bits per heavy atom. The van der Waals surface area contributed by atoms with Gasteiger partial charge < -0.3 is 4.90 Å². The van der Waals surface area contributed by atoms with E-state index in [0.29, 0.717) is 0 Å². The van der Waals surface area contributed by atoms with Crippen molar-refractivity contribution in [3.63, 3.8) is 0 Å². The third kappa shape index (κ3) is 1.92. The number of alkyl halides is 1. The molecule has 0 saturated carbocycles. The summed E-state index contributed by atoms with van der Waals surface area (Å²) in [6, 6.07) is 4.26. The summed E-state index contributed by atoms with van der Waals surface area (Å²) in [5.41, 5.74) is 2.17. The minimum Gasteiger partial charge on any atom is -0.356 e. The summed E-state index contributed by atoms with van der Waals surface area (Å²) in [6.07, 6.45) is 2.87. The van der Waals surface area contributed by atoms with Gasteiger partial charge in [0.1, 0.15) is 12.1 Å². The van der Waals surface area contributed by atoms with Crippen molar-refractivity contribution in [2.45, 2.75) is 13.3 Å². The van der Waals surface area contributed by atoms with Gasteiger partial charge in [-0.3, -0.25) is 0 Å². The molecule has 1 atom stereocenters. The molecule has 3 rings (SSSR count). The van der Waals surface area contributed by atoms with Crippen LogP contribution in [-0.2, 0) is 0 Å². The van der Waals surface area contributed by atoms with Crippen molar-refractivity contribution in [3.8, 4) is 0 Å². The Morgan fingerprint density at radius 1 is 1.47 bits per heavy atom. The third-order valence-corrected chi connectivity index (χ3v) is 4.25. The zero-order chi connectivity index (χ0) is 11.8. The summed E-state index contributed by atoms with van der Waals surface area (Å²) >= 11 is 3.57. The van der Waals surface area contributed by atoms with Gasteiger partial charge in [-0.05, 0) is 37.0 Å². The van der Waals surface area contributed by atoms with Crippen LogP contribution in [0.2, 0.25) is 0 Å². The number of aryl methyl sites for hydroxylation is 1. The van der Waals surface area contributed by atoms with Gasteiger partial charge in [-0.25, -0.2) is 4.98 Å². The molecule has 0 aliphatic carbocycles. The Hall–Kier alpha value is -1.10. The van der Waals surface area contributed by atoms with Gasteiger partial charge in [0, 0.05) is 18.4 Å². The fourth-order valence-corrected chi connectivity index (χ4v) is 2.96. The van der Waals surface area contributed by atoms with Crippen LogP contribution in [0, 0.1) is 12.8 Å². The van der Waals surface area contributed by atoms with E-state index in [1.54, 1.807) is 6.33 Å². The number of aromatic nitrogens is 3. The summed E-state index contributed by atoms with van der Waals surface area (Å²) in [4.78, 5) is 6.67. The monoisotopic (exact) mass is 294 g/mol. The van der Waals surface area contributed by atoms with Crippen LogP contribution in [0.15, 0.2) is 18.5 Å². The van der Waals surface area contributed by atoms with Gasteiger partial charge in [-0.2, -0.15) is 9.61 Å². The van der Waals surface area contributed by atoms with Gasteiger partial charge in [0.2, 0.25) is 0 Å². The maximum Gasteiger partial charge on any atom is 0.157 e. The van der Waals surface area contributed by atoms with E-state index in [-0.39, 0.29) is 0 Å². The average Bonchev–Trinajstić information content (AvgIpc) is 2.95. The van der Waals surface area contributed by atoms with E-state index in [9.17, 15) is 0 Å². The van der Waals surface area contributed by atoms with Crippen LogP contribution < -0.4 is 4.90 Å². The molecule has 0 aromatic carbocycles. The number of hydrogen-bond donors (Lipinski definition) is 0. The summed E-state index contributed by atoms with van der Waals surface area (Å²) in [6.45, 7) is 4.31. The van der Waals surface area contributed by atoms with Crippen LogP contribution in [0.5, 0.6) is 0 Å². The highest BCUT2D eigenvalue weighted by molar-refractivity contribution is 9.09. The highest BCUT2D eigenvalue weighted by Crippen LogP contribution is 2.25. The van der Waals surface area contributed by atoms with Crippen LogP contribution in [0.4, 0.5) is 5.82 Å². The Bertz CT molecular complexity index is 536. The third-order valence-electron chi connectivity index (χ3n) is 3.33. The van der Waals surface area contributed by atoms with E-state index in [1.807, 2.05) is 4.52 Å². The van der Waals surface area contributed by atoms with E-state index in [2.05, 4.69) is 50.0 Å². The van der Waals surface area contributed by atoms with Crippen LogP contribution >= 0.6 is 15.9 Å². The van der Waals surface area contributed by atoms with Crippen LogP contribution in [0.3, 0.4) is 0 Å². The molecule has 3 heterocycles. The zero-order valence-electron chi connectivity index (χ0n) is 9.80. The van der Waals surface area contributed by atoms with E-state index in [0.717, 1.165) is 30.0 Å². The molecule has 1 aliphatic heterocycles. The van der Waals surface area contributed by atoms with Crippen molar-refractivity contribution in [2.24, 2.45) is 5.92 Å². The summed E-state index contributed by atoms with van der Waals surface area (Å²) in [7, 11) is 0. The maximum atomic E-state index is 4.31. The first-order chi connectivity index (χ1) is 8.28. The second-order valence-electron chi connectivity index (χ2n) is 4.68. The topological polar surface area (TPSA) is 33.4 Å². The van der Waals surface area contributed by atoms with Crippen LogP contribution in [0.25, 0.3) is 5.65 Å². The molecule has 0 radical (unpaired) electrons. The second kappa shape index (κ2) is 4.29. The van der Waals surface area contributed by atoms with Crippen molar-refractivity contribution >= 4 is 27.4 Å². The second-order valence-corrected chi connectivity index (χ2v) is 5.32. The normalized spacial score (nSPS) is 20.4. The SMILES string of the molecule is Cc1cc(N2CCC(CBr)C2)n2ncnc2c1. The summed E-state index contributed by atoms with van der Waals surface area (Å²) < 4.78 is 1.93. The lowest BCUT2D eigenvalue weighted by Crippen LogP contribution is -2.22. The first-order valence-electron chi connectivity index (χ1n) is 5.89. The molecule has 1 saturated heterocycles. The van der Waals surface area contributed by atoms with Gasteiger partial charge in [0.15, 0.2) is 5.65 Å². The molecular weight excluding hydrogens is 280 g/mol. The predicted molar refractivity (Wildman–Crippen MR) is 71.8 cm³/mol. The van der Waals surface area contributed by atoms with Crippen LogP contribution in [0.1, 0.15) is 12.0 Å². The van der Waals surface area contributed by atoms with Crippen molar-refractivity contribution in [2.75, 3.05) is 23.3 Å². The molecular formula is C12H15BrN4. The molecule has 90 valence electrons. The van der Waals surface area contributed by atoms with E-state index >= 15 is 0 Å². The molecule has 2 aromatic rings. The number of rotatable bonds is 2. The van der Waals surface area contributed by atoms with E-state index < -0.39 is 0 Å². The van der Waals surface area contributed by atoms with E-state index in [1.165, 1.54) is 17.8 Å². The van der Waals surface area contributed by atoms with Crippen molar-refractivity contribution < 1.29 is 0 Å². The highest BCUT2D eigenvalue weighted by Gasteiger charge is 2.23. The van der Waals surface area contributed by atoms with Crippen molar-refractivity contribution in [1.29, 1.82) is 0 Å². The molecule has 0 bridgehead atoms. The van der Waals surface area contributed by atoms with Crippen molar-refractivity contribution in [1.82, 2.24) is 14.6 Å². The number of fused-ring (bicyclic) bond motifs is 1. The Labute approximate surface area is 109 Å². The number of halogens is 1. The Morgan fingerprint density at radius 3 is 3.12 bits per heavy atom. The summed E-state index contributed by atoms with van der Waals surface area (Å²) in [5.74, 6) is 1.91. The molecule has 0 amide bonds. The lowest BCUT2D eigenvalue weighted by Gasteiger charge is -2.19. The van der Waals surface area contributed by atoms with Gasteiger partial charge in [-0.15, -0.1) is 0 Å². The van der Waals surface area contributed by atoms with E-state index in [4.69, 9.17) is 0 Å².